The summed E-state index contributed by atoms with van der Waals surface area (Å²) in [7, 11) is 0. The van der Waals surface area contributed by atoms with Gasteiger partial charge in [0.2, 0.25) is 5.91 Å². The van der Waals surface area contributed by atoms with Crippen molar-refractivity contribution in [2.75, 3.05) is 0 Å². The fourth-order valence-corrected chi connectivity index (χ4v) is 1.59. The fraction of sp³-hybridized carbons (Fsp3) is 0.538. The van der Waals surface area contributed by atoms with Crippen LogP contribution in [0.3, 0.4) is 0 Å². The summed E-state index contributed by atoms with van der Waals surface area (Å²) in [5, 5.41) is 6.21. The Hall–Kier alpha value is -1.42. The molecule has 1 aliphatic carbocycles. The van der Waals surface area contributed by atoms with E-state index in [4.69, 9.17) is 0 Å². The number of nitrogens with one attached hydrogen (secondary N) is 2. The van der Waals surface area contributed by atoms with Gasteiger partial charge in [0.1, 0.15) is 0 Å². The smallest absolute Gasteiger partial charge is 0.237 e. The van der Waals surface area contributed by atoms with Crippen molar-refractivity contribution < 1.29 is 4.79 Å². The van der Waals surface area contributed by atoms with Gasteiger partial charge in [-0.3, -0.25) is 9.78 Å². The second-order valence-electron chi connectivity index (χ2n) is 4.69. The summed E-state index contributed by atoms with van der Waals surface area (Å²) in [6, 6.07) is 2.24. The van der Waals surface area contributed by atoms with Crippen molar-refractivity contribution in [1.82, 2.24) is 15.6 Å². The standard InChI is InChI=1S/C13H19N3O/c1-9-5-6-14-7-11(9)8-15-10(2)13(17)16-12-3-4-12/h5-7,10,12,15H,3-4,8H2,1-2H3,(H,16,17). The first kappa shape index (κ1) is 12.0. The zero-order valence-electron chi connectivity index (χ0n) is 10.4. The molecule has 1 unspecified atom stereocenters. The molecule has 1 heterocycles. The number of aryl methyl sites for hydroxylation is 1. The Balaban J connectivity index is 1.80. The summed E-state index contributed by atoms with van der Waals surface area (Å²) in [5.74, 6) is 0.0917. The number of hydrogen-bond donors (Lipinski definition) is 2. The number of hydrogen-bond acceptors (Lipinski definition) is 3. The molecule has 0 spiro atoms. The lowest BCUT2D eigenvalue weighted by atomic mass is 10.1. The molecule has 0 radical (unpaired) electrons. The molecule has 2 rings (SSSR count). The van der Waals surface area contributed by atoms with E-state index in [9.17, 15) is 4.79 Å². The van der Waals surface area contributed by atoms with Crippen LogP contribution in [0.15, 0.2) is 18.5 Å². The van der Waals surface area contributed by atoms with Crippen LogP contribution in [0.4, 0.5) is 0 Å². The van der Waals surface area contributed by atoms with Crippen LogP contribution < -0.4 is 10.6 Å². The third-order valence-corrected chi connectivity index (χ3v) is 3.06. The quantitative estimate of drug-likeness (QED) is 0.802. The average molecular weight is 233 g/mol. The first-order valence-corrected chi connectivity index (χ1v) is 6.10. The van der Waals surface area contributed by atoms with Crippen molar-refractivity contribution >= 4 is 5.91 Å². The molecule has 1 amide bonds. The molecule has 0 saturated heterocycles. The normalized spacial score (nSPS) is 16.6. The molecule has 0 aromatic carbocycles. The minimum absolute atomic E-state index is 0.0917. The molecule has 4 nitrogen and oxygen atoms in total. The highest BCUT2D eigenvalue weighted by Gasteiger charge is 2.25. The van der Waals surface area contributed by atoms with E-state index in [0.29, 0.717) is 12.6 Å². The third-order valence-electron chi connectivity index (χ3n) is 3.06. The zero-order chi connectivity index (χ0) is 12.3. The molecule has 1 atom stereocenters. The lowest BCUT2D eigenvalue weighted by Gasteiger charge is -2.14. The summed E-state index contributed by atoms with van der Waals surface area (Å²) in [6.45, 7) is 4.62. The van der Waals surface area contributed by atoms with Gasteiger partial charge in [-0.05, 0) is 43.9 Å². The maximum absolute atomic E-state index is 11.7. The summed E-state index contributed by atoms with van der Waals surface area (Å²) in [4.78, 5) is 15.8. The van der Waals surface area contributed by atoms with Crippen molar-refractivity contribution in [3.05, 3.63) is 29.6 Å². The fourth-order valence-electron chi connectivity index (χ4n) is 1.59. The predicted molar refractivity (Wildman–Crippen MR) is 66.4 cm³/mol. The molecule has 1 aromatic heterocycles. The van der Waals surface area contributed by atoms with Crippen LogP contribution in [0.5, 0.6) is 0 Å². The summed E-state index contributed by atoms with van der Waals surface area (Å²) in [6.07, 6.45) is 5.87. The number of carbonyl (C=O) groups excluding carboxylic acids is 1. The molecule has 1 aromatic rings. The van der Waals surface area contributed by atoms with E-state index in [1.807, 2.05) is 26.1 Å². The maximum Gasteiger partial charge on any atom is 0.237 e. The van der Waals surface area contributed by atoms with Crippen LogP contribution in [0, 0.1) is 6.92 Å². The molecule has 1 saturated carbocycles. The van der Waals surface area contributed by atoms with Crippen molar-refractivity contribution in [2.24, 2.45) is 0 Å². The summed E-state index contributed by atoms with van der Waals surface area (Å²) < 4.78 is 0. The largest absolute Gasteiger partial charge is 0.352 e. The van der Waals surface area contributed by atoms with Crippen LogP contribution in [-0.4, -0.2) is 23.0 Å². The van der Waals surface area contributed by atoms with E-state index in [2.05, 4.69) is 15.6 Å². The van der Waals surface area contributed by atoms with Gasteiger partial charge >= 0.3 is 0 Å². The minimum atomic E-state index is -0.157. The Morgan fingerprint density at radius 1 is 1.59 bits per heavy atom. The Morgan fingerprint density at radius 2 is 2.35 bits per heavy atom. The van der Waals surface area contributed by atoms with Crippen molar-refractivity contribution in [1.29, 1.82) is 0 Å². The van der Waals surface area contributed by atoms with E-state index in [1.54, 1.807) is 6.20 Å². The summed E-state index contributed by atoms with van der Waals surface area (Å²) >= 11 is 0. The van der Waals surface area contributed by atoms with Gasteiger partial charge in [0.15, 0.2) is 0 Å². The third kappa shape index (κ3) is 3.53. The van der Waals surface area contributed by atoms with Gasteiger partial charge in [0.05, 0.1) is 6.04 Å². The molecule has 92 valence electrons. The Labute approximate surface area is 102 Å². The highest BCUT2D eigenvalue weighted by molar-refractivity contribution is 5.81. The van der Waals surface area contributed by atoms with Crippen molar-refractivity contribution in [3.8, 4) is 0 Å². The van der Waals surface area contributed by atoms with Crippen LogP contribution in [-0.2, 0) is 11.3 Å². The number of carbonyl (C=O) groups is 1. The first-order valence-electron chi connectivity index (χ1n) is 6.10. The minimum Gasteiger partial charge on any atom is -0.352 e. The van der Waals surface area contributed by atoms with Crippen LogP contribution in [0.1, 0.15) is 30.9 Å². The monoisotopic (exact) mass is 233 g/mol. The molecule has 1 aliphatic rings. The van der Waals surface area contributed by atoms with Crippen LogP contribution in [0.2, 0.25) is 0 Å². The van der Waals surface area contributed by atoms with Crippen LogP contribution >= 0.6 is 0 Å². The molecule has 4 heteroatoms. The number of nitrogens with zero attached hydrogens (tertiary/aromatic N) is 1. The van der Waals surface area contributed by atoms with E-state index >= 15 is 0 Å². The van der Waals surface area contributed by atoms with E-state index < -0.39 is 0 Å². The van der Waals surface area contributed by atoms with E-state index in [1.165, 1.54) is 5.56 Å². The van der Waals surface area contributed by atoms with Gasteiger partial charge in [-0.1, -0.05) is 0 Å². The zero-order valence-corrected chi connectivity index (χ0v) is 10.4. The number of rotatable bonds is 5. The molecule has 0 bridgehead atoms. The number of pyridine rings is 1. The second-order valence-corrected chi connectivity index (χ2v) is 4.69. The van der Waals surface area contributed by atoms with E-state index in [-0.39, 0.29) is 11.9 Å². The predicted octanol–water partition coefficient (Wildman–Crippen LogP) is 1.15. The van der Waals surface area contributed by atoms with Crippen LogP contribution in [0.25, 0.3) is 0 Å². The molecule has 0 aliphatic heterocycles. The average Bonchev–Trinajstić information content (AvgIpc) is 3.11. The Morgan fingerprint density at radius 3 is 3.00 bits per heavy atom. The maximum atomic E-state index is 11.7. The highest BCUT2D eigenvalue weighted by atomic mass is 16.2. The second kappa shape index (κ2) is 5.27. The number of amides is 1. The van der Waals surface area contributed by atoms with Gasteiger partial charge in [0, 0.05) is 25.0 Å². The van der Waals surface area contributed by atoms with Gasteiger partial charge in [-0.25, -0.2) is 0 Å². The highest BCUT2D eigenvalue weighted by Crippen LogP contribution is 2.18. The lowest BCUT2D eigenvalue weighted by Crippen LogP contribution is -2.42. The molecule has 2 N–H and O–H groups in total. The SMILES string of the molecule is Cc1ccncc1CNC(C)C(=O)NC1CC1. The molecule has 1 fully saturated rings. The Bertz CT molecular complexity index is 401. The molecular weight excluding hydrogens is 214 g/mol. The molecule has 17 heavy (non-hydrogen) atoms. The topological polar surface area (TPSA) is 54.0 Å². The summed E-state index contributed by atoms with van der Waals surface area (Å²) in [5.41, 5.74) is 2.33. The first-order chi connectivity index (χ1) is 8.16. The van der Waals surface area contributed by atoms with E-state index in [0.717, 1.165) is 18.4 Å². The number of aromatic nitrogens is 1. The van der Waals surface area contributed by atoms with Crippen molar-refractivity contribution in [2.45, 2.75) is 45.3 Å². The molecular formula is C13H19N3O. The Kier molecular flexibility index (Phi) is 3.74. The van der Waals surface area contributed by atoms with Gasteiger partial charge in [-0.2, -0.15) is 0 Å². The van der Waals surface area contributed by atoms with Crippen molar-refractivity contribution in [3.63, 3.8) is 0 Å². The van der Waals surface area contributed by atoms with Gasteiger partial charge < -0.3 is 10.6 Å². The van der Waals surface area contributed by atoms with Gasteiger partial charge in [-0.15, -0.1) is 0 Å². The van der Waals surface area contributed by atoms with Gasteiger partial charge in [0.25, 0.3) is 0 Å². The lowest BCUT2D eigenvalue weighted by molar-refractivity contribution is -0.122.